The number of nitrogens with one attached hydrogen (secondary N) is 1. The normalized spacial score (nSPS) is 28.8. The molecule has 4 saturated heterocycles. The number of piperazine rings is 1. The molecular formula is C19H26N6O2. The highest BCUT2D eigenvalue weighted by atomic mass is 16.2. The summed E-state index contributed by atoms with van der Waals surface area (Å²) in [7, 11) is 0. The minimum atomic E-state index is -0.321. The Morgan fingerprint density at radius 2 is 1.89 bits per heavy atom. The third-order valence-corrected chi connectivity index (χ3v) is 6.54. The Kier molecular flexibility index (Phi) is 4.05. The number of aryl methyl sites for hydroxylation is 1. The lowest BCUT2D eigenvalue weighted by Gasteiger charge is -2.51. The summed E-state index contributed by atoms with van der Waals surface area (Å²) >= 11 is 0. The molecule has 0 aliphatic carbocycles. The van der Waals surface area contributed by atoms with Crippen molar-refractivity contribution in [3.8, 4) is 0 Å². The van der Waals surface area contributed by atoms with Gasteiger partial charge in [-0.25, -0.2) is 9.50 Å². The van der Waals surface area contributed by atoms with Gasteiger partial charge in [-0.1, -0.05) is 0 Å². The monoisotopic (exact) mass is 370 g/mol. The molecule has 0 aromatic carbocycles. The van der Waals surface area contributed by atoms with Crippen LogP contribution in [0, 0.1) is 12.8 Å². The standard InChI is InChI=1S/C19H26N6O2/c1-13-10-17-20-11-15(19(27)25(17)21-13)18(26)24-8-6-23(7-9-24)16-12-22-4-2-14(16)3-5-22/h10-11,14,16,21H,2-9,12H2,1H3. The number of rotatable bonds is 2. The molecular weight excluding hydrogens is 344 g/mol. The maximum atomic E-state index is 12.9. The van der Waals surface area contributed by atoms with Crippen molar-refractivity contribution < 1.29 is 4.79 Å². The fraction of sp³-hybridized carbons (Fsp3) is 0.632. The molecule has 0 spiro atoms. The van der Waals surface area contributed by atoms with Crippen LogP contribution in [0.1, 0.15) is 28.9 Å². The first-order valence-corrected chi connectivity index (χ1v) is 9.93. The maximum Gasteiger partial charge on any atom is 0.285 e. The van der Waals surface area contributed by atoms with Crippen molar-refractivity contribution in [2.45, 2.75) is 25.8 Å². The van der Waals surface area contributed by atoms with Crippen molar-refractivity contribution in [2.75, 3.05) is 45.8 Å². The average molecular weight is 370 g/mol. The number of fused-ring (bicyclic) bond motifs is 4. The van der Waals surface area contributed by atoms with Crippen LogP contribution < -0.4 is 5.56 Å². The van der Waals surface area contributed by atoms with Crippen molar-refractivity contribution >= 4 is 11.6 Å². The lowest BCUT2D eigenvalue weighted by molar-refractivity contribution is -0.0131. The summed E-state index contributed by atoms with van der Waals surface area (Å²) in [5.74, 6) is 0.604. The second-order valence-corrected chi connectivity index (χ2v) is 8.14. The minimum absolute atomic E-state index is 0.144. The quantitative estimate of drug-likeness (QED) is 0.816. The third-order valence-electron chi connectivity index (χ3n) is 6.54. The van der Waals surface area contributed by atoms with Gasteiger partial charge < -0.3 is 9.80 Å². The average Bonchev–Trinajstić information content (AvgIpc) is 3.10. The SMILES string of the molecule is Cc1cc2ncc(C(=O)N3CCN(C4CN5CCC4CC5)CC3)c(=O)n2[nH]1. The molecule has 1 N–H and O–H groups in total. The van der Waals surface area contributed by atoms with Gasteiger partial charge in [-0.15, -0.1) is 0 Å². The zero-order valence-corrected chi connectivity index (χ0v) is 15.7. The van der Waals surface area contributed by atoms with E-state index in [0.29, 0.717) is 24.8 Å². The van der Waals surface area contributed by atoms with E-state index in [4.69, 9.17) is 0 Å². The van der Waals surface area contributed by atoms with Crippen molar-refractivity contribution in [2.24, 2.45) is 5.92 Å². The Morgan fingerprint density at radius 1 is 1.15 bits per heavy atom. The highest BCUT2D eigenvalue weighted by Gasteiger charge is 2.38. The van der Waals surface area contributed by atoms with Gasteiger partial charge >= 0.3 is 0 Å². The van der Waals surface area contributed by atoms with E-state index in [1.165, 1.54) is 43.2 Å². The second-order valence-electron chi connectivity index (χ2n) is 8.14. The molecule has 1 atom stereocenters. The van der Waals surface area contributed by atoms with Crippen molar-refractivity contribution in [1.29, 1.82) is 0 Å². The Balaban J connectivity index is 1.29. The third kappa shape index (κ3) is 2.87. The number of H-pyrrole nitrogens is 1. The maximum absolute atomic E-state index is 12.9. The number of hydrogen-bond acceptors (Lipinski definition) is 5. The molecule has 6 heterocycles. The fourth-order valence-corrected chi connectivity index (χ4v) is 5.00. The van der Waals surface area contributed by atoms with Gasteiger partial charge in [0.15, 0.2) is 5.65 Å². The van der Waals surface area contributed by atoms with E-state index in [0.717, 1.165) is 24.7 Å². The molecule has 8 nitrogen and oxygen atoms in total. The number of nitrogens with zero attached hydrogens (tertiary/aromatic N) is 5. The largest absolute Gasteiger partial charge is 0.336 e. The molecule has 1 unspecified atom stereocenters. The number of hydrogen-bond donors (Lipinski definition) is 1. The van der Waals surface area contributed by atoms with Crippen LogP contribution in [-0.4, -0.2) is 87.1 Å². The van der Waals surface area contributed by atoms with E-state index >= 15 is 0 Å². The number of aromatic nitrogens is 3. The summed E-state index contributed by atoms with van der Waals surface area (Å²) in [6.07, 6.45) is 4.04. The van der Waals surface area contributed by atoms with Crippen molar-refractivity contribution in [3.05, 3.63) is 33.9 Å². The van der Waals surface area contributed by atoms with Crippen LogP contribution in [0.15, 0.2) is 17.1 Å². The first-order valence-electron chi connectivity index (χ1n) is 9.93. The van der Waals surface area contributed by atoms with Crippen LogP contribution in [0.25, 0.3) is 5.65 Å². The van der Waals surface area contributed by atoms with Crippen LogP contribution in [0.2, 0.25) is 0 Å². The van der Waals surface area contributed by atoms with E-state index in [9.17, 15) is 9.59 Å². The van der Waals surface area contributed by atoms with E-state index < -0.39 is 0 Å². The zero-order valence-electron chi connectivity index (χ0n) is 15.7. The molecule has 8 heteroatoms. The summed E-state index contributed by atoms with van der Waals surface area (Å²) in [5.41, 5.74) is 1.21. The molecule has 4 aliphatic heterocycles. The Labute approximate surface area is 157 Å². The van der Waals surface area contributed by atoms with Crippen LogP contribution in [0.4, 0.5) is 0 Å². The van der Waals surface area contributed by atoms with Crippen LogP contribution >= 0.6 is 0 Å². The zero-order chi connectivity index (χ0) is 18.5. The summed E-state index contributed by atoms with van der Waals surface area (Å²) in [6, 6.07) is 2.43. The molecule has 4 fully saturated rings. The number of piperidine rings is 3. The smallest absolute Gasteiger partial charge is 0.285 e. The lowest BCUT2D eigenvalue weighted by atomic mass is 9.83. The number of carbonyl (C=O) groups is 1. The van der Waals surface area contributed by atoms with Gasteiger partial charge in [0.1, 0.15) is 5.56 Å². The number of aromatic amines is 1. The van der Waals surface area contributed by atoms with Gasteiger partial charge in [-0.3, -0.25) is 19.6 Å². The molecule has 6 rings (SSSR count). The molecule has 144 valence electrons. The number of amides is 1. The summed E-state index contributed by atoms with van der Waals surface area (Å²) in [5, 5.41) is 2.95. The first-order chi connectivity index (χ1) is 13.1. The fourth-order valence-electron chi connectivity index (χ4n) is 5.00. The molecule has 4 aliphatic rings. The van der Waals surface area contributed by atoms with Crippen molar-refractivity contribution in [1.82, 2.24) is 29.3 Å². The predicted molar refractivity (Wildman–Crippen MR) is 101 cm³/mol. The predicted octanol–water partition coefficient (Wildman–Crippen LogP) is 0.183. The van der Waals surface area contributed by atoms with E-state index in [-0.39, 0.29) is 17.0 Å². The molecule has 1 amide bonds. The van der Waals surface area contributed by atoms with Crippen LogP contribution in [0.5, 0.6) is 0 Å². The van der Waals surface area contributed by atoms with Crippen LogP contribution in [-0.2, 0) is 0 Å². The topological polar surface area (TPSA) is 77.0 Å². The highest BCUT2D eigenvalue weighted by Crippen LogP contribution is 2.31. The molecule has 27 heavy (non-hydrogen) atoms. The lowest BCUT2D eigenvalue weighted by Crippen LogP contribution is -2.61. The van der Waals surface area contributed by atoms with Crippen LogP contribution in [0.3, 0.4) is 0 Å². The van der Waals surface area contributed by atoms with Gasteiger partial charge in [-0.2, -0.15) is 0 Å². The molecule has 2 bridgehead atoms. The van der Waals surface area contributed by atoms with Gasteiger partial charge in [0.2, 0.25) is 0 Å². The van der Waals surface area contributed by atoms with Gasteiger partial charge in [0.05, 0.1) is 0 Å². The van der Waals surface area contributed by atoms with E-state index in [1.54, 1.807) is 11.0 Å². The number of carbonyl (C=O) groups excluding carboxylic acids is 1. The van der Waals surface area contributed by atoms with E-state index in [2.05, 4.69) is 19.9 Å². The Hall–Kier alpha value is -2.19. The highest BCUT2D eigenvalue weighted by molar-refractivity contribution is 5.93. The van der Waals surface area contributed by atoms with Crippen molar-refractivity contribution in [3.63, 3.8) is 0 Å². The Morgan fingerprint density at radius 3 is 2.56 bits per heavy atom. The van der Waals surface area contributed by atoms with Gasteiger partial charge in [-0.05, 0) is 38.8 Å². The molecule has 2 aromatic heterocycles. The summed E-state index contributed by atoms with van der Waals surface area (Å²) in [6.45, 7) is 8.66. The second kappa shape index (κ2) is 6.45. The Bertz CT molecular complexity index is 918. The molecule has 0 saturated carbocycles. The van der Waals surface area contributed by atoms with Gasteiger partial charge in [0.25, 0.3) is 11.5 Å². The molecule has 0 radical (unpaired) electrons. The first kappa shape index (κ1) is 16.9. The molecule has 2 aromatic rings. The summed E-state index contributed by atoms with van der Waals surface area (Å²) in [4.78, 5) is 36.8. The van der Waals surface area contributed by atoms with Gasteiger partial charge in [0, 0.05) is 56.7 Å². The van der Waals surface area contributed by atoms with E-state index in [1.807, 2.05) is 6.92 Å². The summed E-state index contributed by atoms with van der Waals surface area (Å²) < 4.78 is 1.35. The minimum Gasteiger partial charge on any atom is -0.336 e.